The van der Waals surface area contributed by atoms with Gasteiger partial charge in [-0.25, -0.2) is 0 Å². The van der Waals surface area contributed by atoms with Crippen molar-refractivity contribution < 1.29 is 18.9 Å². The fraction of sp³-hybridized carbons (Fsp3) is 0.500. The van der Waals surface area contributed by atoms with Crippen LogP contribution in [0.3, 0.4) is 0 Å². The Labute approximate surface area is 220 Å². The van der Waals surface area contributed by atoms with Gasteiger partial charge in [-0.15, -0.1) is 0 Å². The molecule has 0 spiro atoms. The van der Waals surface area contributed by atoms with Crippen LogP contribution in [0.5, 0.6) is 0 Å². The molecule has 2 aromatic carbocycles. The lowest BCUT2D eigenvalue weighted by Gasteiger charge is -2.18. The molecule has 35 heavy (non-hydrogen) atoms. The average Bonchev–Trinajstić information content (AvgIpc) is 2.86. The van der Waals surface area contributed by atoms with Crippen molar-refractivity contribution >= 4 is 47.1 Å². The summed E-state index contributed by atoms with van der Waals surface area (Å²) < 4.78 is 19.4. The molecule has 7 heteroatoms. The van der Waals surface area contributed by atoms with Gasteiger partial charge in [-0.1, -0.05) is 124 Å². The SMILES string of the molecule is CCCCCCCCCCCCOC(=O)CCP(=O)(C(=O)c1c(Cl)cccc1Cl)c1ccccc1. The number of ether oxygens (including phenoxy) is 1. The van der Waals surface area contributed by atoms with Gasteiger partial charge in [0.2, 0.25) is 5.52 Å². The molecule has 0 heterocycles. The van der Waals surface area contributed by atoms with Gasteiger partial charge in [0.15, 0.2) is 7.14 Å². The monoisotopic (exact) mass is 538 g/mol. The molecule has 0 saturated heterocycles. The lowest BCUT2D eigenvalue weighted by molar-refractivity contribution is -0.143. The van der Waals surface area contributed by atoms with E-state index in [2.05, 4.69) is 6.92 Å². The van der Waals surface area contributed by atoms with Crippen LogP contribution in [0.4, 0.5) is 0 Å². The number of rotatable bonds is 17. The first kappa shape index (κ1) is 29.6. The highest BCUT2D eigenvalue weighted by molar-refractivity contribution is 7.87. The molecule has 0 saturated carbocycles. The first-order valence-electron chi connectivity index (χ1n) is 12.7. The fourth-order valence-corrected chi connectivity index (χ4v) is 7.15. The van der Waals surface area contributed by atoms with Gasteiger partial charge in [-0.2, -0.15) is 0 Å². The van der Waals surface area contributed by atoms with E-state index in [4.69, 9.17) is 27.9 Å². The van der Waals surface area contributed by atoms with Crippen molar-refractivity contribution in [3.8, 4) is 0 Å². The third-order valence-corrected chi connectivity index (χ3v) is 9.57. The normalized spacial score (nSPS) is 12.8. The topological polar surface area (TPSA) is 60.4 Å². The summed E-state index contributed by atoms with van der Waals surface area (Å²) in [6, 6.07) is 13.2. The Kier molecular flexibility index (Phi) is 13.7. The van der Waals surface area contributed by atoms with E-state index in [9.17, 15) is 14.2 Å². The summed E-state index contributed by atoms with van der Waals surface area (Å²) in [7, 11) is -3.67. The molecule has 2 aromatic rings. The van der Waals surface area contributed by atoms with Gasteiger partial charge in [0, 0.05) is 11.5 Å². The summed E-state index contributed by atoms with van der Waals surface area (Å²) >= 11 is 12.4. The molecule has 1 atom stereocenters. The summed E-state index contributed by atoms with van der Waals surface area (Å²) in [5, 5.41) is 0.660. The summed E-state index contributed by atoms with van der Waals surface area (Å²) in [5.41, 5.74) is -0.608. The van der Waals surface area contributed by atoms with Crippen molar-refractivity contribution in [1.82, 2.24) is 0 Å². The third kappa shape index (κ3) is 9.75. The predicted octanol–water partition coefficient (Wildman–Crippen LogP) is 8.68. The van der Waals surface area contributed by atoms with Crippen LogP contribution < -0.4 is 5.30 Å². The van der Waals surface area contributed by atoms with Crippen LogP contribution in [0, 0.1) is 0 Å². The summed E-state index contributed by atoms with van der Waals surface area (Å²) in [6.45, 7) is 2.57. The first-order chi connectivity index (χ1) is 16.9. The van der Waals surface area contributed by atoms with Crippen LogP contribution >= 0.6 is 30.3 Å². The van der Waals surface area contributed by atoms with E-state index >= 15 is 0 Å². The summed E-state index contributed by atoms with van der Waals surface area (Å²) in [4.78, 5) is 25.8. The molecular formula is C28H37Cl2O4P. The maximum atomic E-state index is 14.0. The molecular weight excluding hydrogens is 502 g/mol. The highest BCUT2D eigenvalue weighted by Gasteiger charge is 2.37. The second kappa shape index (κ2) is 16.2. The molecule has 4 nitrogen and oxygen atoms in total. The van der Waals surface area contributed by atoms with Crippen LogP contribution in [-0.2, 0) is 14.1 Å². The van der Waals surface area contributed by atoms with Crippen LogP contribution in [0.2, 0.25) is 10.0 Å². The number of carbonyl (C=O) groups is 2. The van der Waals surface area contributed by atoms with Crippen LogP contribution in [-0.4, -0.2) is 24.3 Å². The number of carbonyl (C=O) groups excluding carboxylic acids is 2. The van der Waals surface area contributed by atoms with E-state index in [0.717, 1.165) is 19.3 Å². The van der Waals surface area contributed by atoms with Crippen molar-refractivity contribution in [3.05, 3.63) is 64.1 Å². The molecule has 2 rings (SSSR count). The Morgan fingerprint density at radius 3 is 1.89 bits per heavy atom. The Bertz CT molecular complexity index is 958. The fourth-order valence-electron chi connectivity index (χ4n) is 4.00. The lowest BCUT2D eigenvalue weighted by atomic mass is 10.1. The maximum absolute atomic E-state index is 14.0. The van der Waals surface area contributed by atoms with E-state index in [0.29, 0.717) is 11.9 Å². The zero-order valence-electron chi connectivity index (χ0n) is 20.6. The van der Waals surface area contributed by atoms with Crippen LogP contribution in [0.1, 0.15) is 87.9 Å². The molecule has 0 amide bonds. The van der Waals surface area contributed by atoms with Gasteiger partial charge in [-0.3, -0.25) is 9.59 Å². The zero-order valence-corrected chi connectivity index (χ0v) is 23.1. The Hall–Kier alpha value is -1.61. The van der Waals surface area contributed by atoms with Crippen molar-refractivity contribution in [2.24, 2.45) is 0 Å². The number of benzene rings is 2. The second-order valence-electron chi connectivity index (χ2n) is 8.85. The minimum absolute atomic E-state index is 0.0294. The highest BCUT2D eigenvalue weighted by atomic mass is 35.5. The number of halogens is 2. The van der Waals surface area contributed by atoms with Crippen molar-refractivity contribution in [3.63, 3.8) is 0 Å². The molecule has 0 aromatic heterocycles. The van der Waals surface area contributed by atoms with Gasteiger partial charge in [0.1, 0.15) is 0 Å². The minimum atomic E-state index is -3.67. The van der Waals surface area contributed by atoms with Crippen molar-refractivity contribution in [2.45, 2.75) is 77.6 Å². The van der Waals surface area contributed by atoms with E-state index in [1.165, 1.54) is 57.1 Å². The van der Waals surface area contributed by atoms with E-state index in [1.54, 1.807) is 36.4 Å². The Morgan fingerprint density at radius 1 is 0.771 bits per heavy atom. The smallest absolute Gasteiger partial charge is 0.306 e. The Morgan fingerprint density at radius 2 is 1.31 bits per heavy atom. The number of hydrogen-bond acceptors (Lipinski definition) is 4. The predicted molar refractivity (Wildman–Crippen MR) is 147 cm³/mol. The standard InChI is InChI=1S/C28H37Cl2O4P/c1-2-3-4-5-6-7-8-9-10-14-21-34-26(31)20-22-35(33,23-16-12-11-13-17-23)28(32)27-24(29)18-15-19-25(27)30/h11-13,15-19H,2-10,14,20-22H2,1H3. The highest BCUT2D eigenvalue weighted by Crippen LogP contribution is 2.50. The summed E-state index contributed by atoms with van der Waals surface area (Å²) in [5.74, 6) is -0.449. The van der Waals surface area contributed by atoms with Gasteiger partial charge in [-0.05, 0) is 18.6 Å². The largest absolute Gasteiger partial charge is 0.466 e. The van der Waals surface area contributed by atoms with Crippen LogP contribution in [0.15, 0.2) is 48.5 Å². The van der Waals surface area contributed by atoms with Gasteiger partial charge in [0.25, 0.3) is 0 Å². The van der Waals surface area contributed by atoms with Gasteiger partial charge in [0.05, 0.1) is 28.6 Å². The van der Waals surface area contributed by atoms with E-state index < -0.39 is 18.6 Å². The lowest BCUT2D eigenvalue weighted by Crippen LogP contribution is -2.19. The van der Waals surface area contributed by atoms with Gasteiger partial charge < -0.3 is 9.30 Å². The van der Waals surface area contributed by atoms with Crippen molar-refractivity contribution in [2.75, 3.05) is 12.8 Å². The number of unbranched alkanes of at least 4 members (excludes halogenated alkanes) is 9. The Balaban J connectivity index is 1.84. The van der Waals surface area contributed by atoms with Gasteiger partial charge >= 0.3 is 5.97 Å². The van der Waals surface area contributed by atoms with Crippen molar-refractivity contribution in [1.29, 1.82) is 0 Å². The summed E-state index contributed by atoms with van der Waals surface area (Å²) in [6.07, 6.45) is 11.8. The molecule has 0 aliphatic rings. The molecule has 0 fully saturated rings. The molecule has 1 unspecified atom stereocenters. The zero-order chi connectivity index (χ0) is 25.5. The van der Waals surface area contributed by atoms with Crippen LogP contribution in [0.25, 0.3) is 0 Å². The second-order valence-corrected chi connectivity index (χ2v) is 12.5. The first-order valence-corrected chi connectivity index (χ1v) is 15.3. The van der Waals surface area contributed by atoms with E-state index in [-0.39, 0.29) is 28.2 Å². The molecule has 192 valence electrons. The molecule has 0 bridgehead atoms. The molecule has 0 aliphatic carbocycles. The average molecular weight is 539 g/mol. The molecule has 0 aliphatic heterocycles. The molecule has 0 N–H and O–H groups in total. The molecule has 0 radical (unpaired) electrons. The minimum Gasteiger partial charge on any atom is -0.466 e. The maximum Gasteiger partial charge on any atom is 0.306 e. The number of hydrogen-bond donors (Lipinski definition) is 0. The number of esters is 1. The third-order valence-electron chi connectivity index (χ3n) is 6.07. The quantitative estimate of drug-likeness (QED) is 0.115. The van der Waals surface area contributed by atoms with E-state index in [1.807, 2.05) is 0 Å².